The highest BCUT2D eigenvalue weighted by molar-refractivity contribution is 5.66. The van der Waals surface area contributed by atoms with Gasteiger partial charge in [0, 0.05) is 6.92 Å². The molecule has 0 heterocycles. The van der Waals surface area contributed by atoms with Gasteiger partial charge in [-0.05, 0) is 19.8 Å². The van der Waals surface area contributed by atoms with Crippen molar-refractivity contribution in [3.8, 4) is 0 Å². The SMILES string of the molecule is CCCC(C)(CC)OC(C)=O. The van der Waals surface area contributed by atoms with Gasteiger partial charge in [-0.15, -0.1) is 0 Å². The van der Waals surface area contributed by atoms with Crippen LogP contribution in [0.1, 0.15) is 47.0 Å². The van der Waals surface area contributed by atoms with Gasteiger partial charge in [0.2, 0.25) is 0 Å². The van der Waals surface area contributed by atoms with Gasteiger partial charge in [0.25, 0.3) is 0 Å². The molecule has 0 aromatic rings. The minimum Gasteiger partial charge on any atom is -0.460 e. The summed E-state index contributed by atoms with van der Waals surface area (Å²) in [6.45, 7) is 7.58. The molecule has 0 saturated heterocycles. The van der Waals surface area contributed by atoms with Crippen molar-refractivity contribution in [2.45, 2.75) is 52.6 Å². The molecular weight excluding hydrogens is 140 g/mol. The molecule has 0 aromatic heterocycles. The van der Waals surface area contributed by atoms with Crippen molar-refractivity contribution in [2.24, 2.45) is 0 Å². The second-order valence-electron chi connectivity index (χ2n) is 3.15. The van der Waals surface area contributed by atoms with Crippen LogP contribution in [-0.2, 0) is 9.53 Å². The summed E-state index contributed by atoms with van der Waals surface area (Å²) in [5.41, 5.74) is -0.236. The van der Waals surface area contributed by atoms with Crippen LogP contribution in [0.3, 0.4) is 0 Å². The molecule has 0 spiro atoms. The Morgan fingerprint density at radius 3 is 2.27 bits per heavy atom. The Bertz CT molecular complexity index is 132. The van der Waals surface area contributed by atoms with Gasteiger partial charge >= 0.3 is 5.97 Å². The maximum atomic E-state index is 10.7. The Balaban J connectivity index is 3.98. The van der Waals surface area contributed by atoms with Crippen LogP contribution in [0.2, 0.25) is 0 Å². The zero-order chi connectivity index (χ0) is 8.91. The lowest BCUT2D eigenvalue weighted by atomic mass is 9.97. The van der Waals surface area contributed by atoms with Crippen molar-refractivity contribution >= 4 is 5.97 Å². The van der Waals surface area contributed by atoms with Crippen LogP contribution in [0.15, 0.2) is 0 Å². The van der Waals surface area contributed by atoms with E-state index in [2.05, 4.69) is 6.92 Å². The van der Waals surface area contributed by atoms with Crippen LogP contribution in [0, 0.1) is 0 Å². The molecule has 11 heavy (non-hydrogen) atoms. The maximum Gasteiger partial charge on any atom is 0.303 e. The normalized spacial score (nSPS) is 15.6. The fourth-order valence-electron chi connectivity index (χ4n) is 1.18. The first-order chi connectivity index (χ1) is 5.04. The van der Waals surface area contributed by atoms with Crippen LogP contribution >= 0.6 is 0 Å². The van der Waals surface area contributed by atoms with Gasteiger partial charge in [0.05, 0.1) is 0 Å². The molecular formula is C9H18O2. The van der Waals surface area contributed by atoms with E-state index < -0.39 is 0 Å². The molecule has 0 amide bonds. The summed E-state index contributed by atoms with van der Waals surface area (Å²) in [7, 11) is 0. The zero-order valence-electron chi connectivity index (χ0n) is 7.94. The van der Waals surface area contributed by atoms with Gasteiger partial charge < -0.3 is 4.74 Å². The summed E-state index contributed by atoms with van der Waals surface area (Å²) >= 11 is 0. The summed E-state index contributed by atoms with van der Waals surface area (Å²) in [4.78, 5) is 10.7. The first kappa shape index (κ1) is 10.5. The third kappa shape index (κ3) is 4.02. The Labute approximate surface area is 68.9 Å². The van der Waals surface area contributed by atoms with E-state index in [1.54, 1.807) is 0 Å². The monoisotopic (exact) mass is 158 g/mol. The van der Waals surface area contributed by atoms with Crippen molar-refractivity contribution in [1.82, 2.24) is 0 Å². The Kier molecular flexibility index (Phi) is 4.16. The predicted molar refractivity (Wildman–Crippen MR) is 45.4 cm³/mol. The van der Waals surface area contributed by atoms with Crippen molar-refractivity contribution in [3.63, 3.8) is 0 Å². The third-order valence-electron chi connectivity index (χ3n) is 1.92. The molecule has 0 rings (SSSR count). The Hall–Kier alpha value is -0.530. The van der Waals surface area contributed by atoms with Gasteiger partial charge in [-0.1, -0.05) is 20.3 Å². The van der Waals surface area contributed by atoms with E-state index in [-0.39, 0.29) is 11.6 Å². The molecule has 0 bridgehead atoms. The number of hydrogen-bond donors (Lipinski definition) is 0. The highest BCUT2D eigenvalue weighted by Crippen LogP contribution is 2.21. The van der Waals surface area contributed by atoms with Crippen LogP contribution in [-0.4, -0.2) is 11.6 Å². The summed E-state index contributed by atoms with van der Waals surface area (Å²) < 4.78 is 5.19. The Morgan fingerprint density at radius 1 is 1.45 bits per heavy atom. The van der Waals surface area contributed by atoms with Gasteiger partial charge in [0.15, 0.2) is 0 Å². The van der Waals surface area contributed by atoms with Gasteiger partial charge in [-0.25, -0.2) is 0 Å². The summed E-state index contributed by atoms with van der Waals surface area (Å²) in [5, 5.41) is 0. The smallest absolute Gasteiger partial charge is 0.303 e. The molecule has 0 aromatic carbocycles. The average Bonchev–Trinajstić information content (AvgIpc) is 1.87. The molecule has 1 unspecified atom stereocenters. The molecule has 0 saturated carbocycles. The fraction of sp³-hybridized carbons (Fsp3) is 0.889. The summed E-state index contributed by atoms with van der Waals surface area (Å²) in [5.74, 6) is -0.178. The molecule has 0 fully saturated rings. The van der Waals surface area contributed by atoms with Gasteiger partial charge in [-0.2, -0.15) is 0 Å². The van der Waals surface area contributed by atoms with E-state index >= 15 is 0 Å². The van der Waals surface area contributed by atoms with Gasteiger partial charge in [0.1, 0.15) is 5.60 Å². The summed E-state index contributed by atoms with van der Waals surface area (Å²) in [6, 6.07) is 0. The van der Waals surface area contributed by atoms with Crippen molar-refractivity contribution < 1.29 is 9.53 Å². The van der Waals surface area contributed by atoms with Crippen LogP contribution in [0.25, 0.3) is 0 Å². The second kappa shape index (κ2) is 4.37. The quantitative estimate of drug-likeness (QED) is 0.588. The van der Waals surface area contributed by atoms with Crippen LogP contribution in [0.5, 0.6) is 0 Å². The molecule has 0 aliphatic rings. The number of esters is 1. The minimum atomic E-state index is -0.236. The lowest BCUT2D eigenvalue weighted by Crippen LogP contribution is -2.29. The van der Waals surface area contributed by atoms with Crippen LogP contribution < -0.4 is 0 Å². The zero-order valence-corrected chi connectivity index (χ0v) is 7.94. The average molecular weight is 158 g/mol. The van der Waals surface area contributed by atoms with Crippen molar-refractivity contribution in [3.05, 3.63) is 0 Å². The first-order valence-corrected chi connectivity index (χ1v) is 4.23. The highest BCUT2D eigenvalue weighted by atomic mass is 16.6. The fourth-order valence-corrected chi connectivity index (χ4v) is 1.18. The number of hydrogen-bond acceptors (Lipinski definition) is 2. The number of rotatable bonds is 4. The van der Waals surface area contributed by atoms with Crippen molar-refractivity contribution in [2.75, 3.05) is 0 Å². The topological polar surface area (TPSA) is 26.3 Å². The molecule has 0 radical (unpaired) electrons. The van der Waals surface area contributed by atoms with E-state index in [1.165, 1.54) is 6.92 Å². The number of carbonyl (C=O) groups is 1. The van der Waals surface area contributed by atoms with E-state index in [4.69, 9.17) is 4.74 Å². The molecule has 2 nitrogen and oxygen atoms in total. The molecule has 66 valence electrons. The van der Waals surface area contributed by atoms with Crippen LogP contribution in [0.4, 0.5) is 0 Å². The van der Waals surface area contributed by atoms with Crippen molar-refractivity contribution in [1.29, 1.82) is 0 Å². The molecule has 2 heteroatoms. The first-order valence-electron chi connectivity index (χ1n) is 4.23. The lowest BCUT2D eigenvalue weighted by molar-refractivity contribution is -0.156. The third-order valence-corrected chi connectivity index (χ3v) is 1.92. The molecule has 0 N–H and O–H groups in total. The molecule has 0 aliphatic carbocycles. The second-order valence-corrected chi connectivity index (χ2v) is 3.15. The minimum absolute atomic E-state index is 0.178. The van der Waals surface area contributed by atoms with Gasteiger partial charge in [-0.3, -0.25) is 4.79 Å². The van der Waals surface area contributed by atoms with E-state index in [0.717, 1.165) is 19.3 Å². The lowest BCUT2D eigenvalue weighted by Gasteiger charge is -2.27. The van der Waals surface area contributed by atoms with E-state index in [1.807, 2.05) is 13.8 Å². The Morgan fingerprint density at radius 2 is 2.00 bits per heavy atom. The number of ether oxygens (including phenoxy) is 1. The maximum absolute atomic E-state index is 10.7. The van der Waals surface area contributed by atoms with E-state index in [0.29, 0.717) is 0 Å². The molecule has 0 aliphatic heterocycles. The molecule has 1 atom stereocenters. The predicted octanol–water partition coefficient (Wildman–Crippen LogP) is 2.52. The summed E-state index contributed by atoms with van der Waals surface area (Å²) in [6.07, 6.45) is 2.89. The van der Waals surface area contributed by atoms with E-state index in [9.17, 15) is 4.79 Å². The number of carbonyl (C=O) groups excluding carboxylic acids is 1. The largest absolute Gasteiger partial charge is 0.460 e. The standard InChI is InChI=1S/C9H18O2/c1-5-7-9(4,6-2)11-8(3)10/h5-7H2,1-4H3. The highest BCUT2D eigenvalue weighted by Gasteiger charge is 2.23.